The van der Waals surface area contributed by atoms with Gasteiger partial charge >= 0.3 is 0 Å². The van der Waals surface area contributed by atoms with Gasteiger partial charge in [-0.3, -0.25) is 9.48 Å². The fourth-order valence-corrected chi connectivity index (χ4v) is 2.80. The predicted molar refractivity (Wildman–Crippen MR) is 89.6 cm³/mol. The van der Waals surface area contributed by atoms with Crippen molar-refractivity contribution in [2.24, 2.45) is 0 Å². The van der Waals surface area contributed by atoms with Crippen LogP contribution in [0.3, 0.4) is 0 Å². The van der Waals surface area contributed by atoms with Gasteiger partial charge in [0, 0.05) is 6.54 Å². The molecule has 0 radical (unpaired) electrons. The first kappa shape index (κ1) is 14.2. The molecule has 0 amide bonds. The number of benzene rings is 2. The number of rotatable bonds is 3. The van der Waals surface area contributed by atoms with Gasteiger partial charge in [-0.25, -0.2) is 4.98 Å². The second-order valence-electron chi connectivity index (χ2n) is 5.54. The van der Waals surface area contributed by atoms with Crippen LogP contribution >= 0.6 is 0 Å². The van der Waals surface area contributed by atoms with E-state index in [1.165, 1.54) is 27.0 Å². The fourth-order valence-electron chi connectivity index (χ4n) is 2.80. The van der Waals surface area contributed by atoms with Crippen molar-refractivity contribution in [3.8, 4) is 6.07 Å². The molecule has 2 aromatic heterocycles. The number of fused-ring (bicyclic) bond motifs is 2. The van der Waals surface area contributed by atoms with E-state index in [4.69, 9.17) is 5.26 Å². The zero-order valence-corrected chi connectivity index (χ0v) is 12.8. The summed E-state index contributed by atoms with van der Waals surface area (Å²) in [4.78, 5) is 20.4. The van der Waals surface area contributed by atoms with Gasteiger partial charge in [-0.05, 0) is 22.8 Å². The molecule has 2 heterocycles. The molecule has 0 bridgehead atoms. The molecule has 24 heavy (non-hydrogen) atoms. The third kappa shape index (κ3) is 2.32. The highest BCUT2D eigenvalue weighted by Crippen LogP contribution is 2.16. The van der Waals surface area contributed by atoms with Crippen LogP contribution < -0.4 is 5.56 Å². The lowest BCUT2D eigenvalue weighted by Gasteiger charge is -2.06. The summed E-state index contributed by atoms with van der Waals surface area (Å²) in [6.45, 7) is 0.575. The summed E-state index contributed by atoms with van der Waals surface area (Å²) in [5.74, 6) is 0.303. The standard InChI is InChI=1S/C18H13N5O/c19-10-16-11-20-18-21-12-22(23(18)17(16)24)8-7-13-5-6-14-3-1-2-4-15(14)9-13/h1-6,9,11-12H,7-8H2. The average molecular weight is 315 g/mol. The van der Waals surface area contributed by atoms with Crippen LogP contribution in [0, 0.1) is 11.3 Å². The molecule has 0 aliphatic heterocycles. The van der Waals surface area contributed by atoms with Crippen molar-refractivity contribution in [1.29, 1.82) is 5.26 Å². The molecule has 0 spiro atoms. The lowest BCUT2D eigenvalue weighted by Crippen LogP contribution is -2.23. The molecule has 0 aliphatic carbocycles. The Kier molecular flexibility index (Phi) is 3.32. The topological polar surface area (TPSA) is 76.0 Å². The van der Waals surface area contributed by atoms with Crippen molar-refractivity contribution in [2.45, 2.75) is 13.0 Å². The Labute approximate surface area is 137 Å². The van der Waals surface area contributed by atoms with Crippen LogP contribution in [-0.2, 0) is 13.0 Å². The zero-order valence-electron chi connectivity index (χ0n) is 12.8. The molecule has 0 fully saturated rings. The highest BCUT2D eigenvalue weighted by atomic mass is 16.1. The molecule has 0 saturated heterocycles. The van der Waals surface area contributed by atoms with Gasteiger partial charge in [-0.1, -0.05) is 42.5 Å². The summed E-state index contributed by atoms with van der Waals surface area (Å²) < 4.78 is 3.04. The number of nitriles is 1. The lowest BCUT2D eigenvalue weighted by atomic mass is 10.1. The lowest BCUT2D eigenvalue weighted by molar-refractivity contribution is 0.564. The maximum absolute atomic E-state index is 12.3. The van der Waals surface area contributed by atoms with Crippen LogP contribution in [0.5, 0.6) is 0 Å². The van der Waals surface area contributed by atoms with E-state index in [9.17, 15) is 4.79 Å². The van der Waals surface area contributed by atoms with E-state index in [1.54, 1.807) is 11.0 Å². The minimum absolute atomic E-state index is 0.0138. The predicted octanol–water partition coefficient (Wildman–Crippen LogP) is 2.16. The Morgan fingerprint density at radius 1 is 1.08 bits per heavy atom. The first-order chi connectivity index (χ1) is 11.8. The van der Waals surface area contributed by atoms with E-state index in [1.807, 2.05) is 18.2 Å². The Morgan fingerprint density at radius 3 is 2.75 bits per heavy atom. The highest BCUT2D eigenvalue weighted by Gasteiger charge is 2.09. The summed E-state index contributed by atoms with van der Waals surface area (Å²) >= 11 is 0. The van der Waals surface area contributed by atoms with Gasteiger partial charge in [0.25, 0.3) is 11.3 Å². The van der Waals surface area contributed by atoms with E-state index in [0.29, 0.717) is 12.3 Å². The molecule has 6 heteroatoms. The fraction of sp³-hybridized carbons (Fsp3) is 0.111. The molecular formula is C18H13N5O. The first-order valence-corrected chi connectivity index (χ1v) is 7.57. The van der Waals surface area contributed by atoms with Gasteiger partial charge in [-0.15, -0.1) is 0 Å². The van der Waals surface area contributed by atoms with E-state index in [0.717, 1.165) is 6.42 Å². The quantitative estimate of drug-likeness (QED) is 0.580. The van der Waals surface area contributed by atoms with Crippen LogP contribution in [0.25, 0.3) is 16.6 Å². The minimum atomic E-state index is -0.390. The largest absolute Gasteiger partial charge is 0.292 e. The molecule has 2 aromatic carbocycles. The molecule has 0 unspecified atom stereocenters. The Hall–Kier alpha value is -3.46. The summed E-state index contributed by atoms with van der Waals surface area (Å²) in [6, 6.07) is 16.4. The molecule has 0 N–H and O–H groups in total. The summed E-state index contributed by atoms with van der Waals surface area (Å²) in [5, 5.41) is 11.4. The molecule has 0 atom stereocenters. The molecule has 0 saturated carbocycles. The van der Waals surface area contributed by atoms with Gasteiger partial charge in [0.2, 0.25) is 0 Å². The normalized spacial score (nSPS) is 11.0. The van der Waals surface area contributed by atoms with Crippen molar-refractivity contribution in [2.75, 3.05) is 0 Å². The van der Waals surface area contributed by atoms with Crippen LogP contribution in [0.15, 0.2) is 59.8 Å². The smallest absolute Gasteiger partial charge is 0.266 e. The molecule has 4 rings (SSSR count). The van der Waals surface area contributed by atoms with E-state index >= 15 is 0 Å². The SMILES string of the molecule is N#Cc1cnc2ncn(CCc3ccc4ccccc4c3)n2c1=O. The van der Waals surface area contributed by atoms with Crippen LogP contribution in [0.4, 0.5) is 0 Å². The third-order valence-electron chi connectivity index (χ3n) is 4.05. The average Bonchev–Trinajstić information content (AvgIpc) is 3.04. The Balaban J connectivity index is 1.67. The van der Waals surface area contributed by atoms with E-state index in [2.05, 4.69) is 40.3 Å². The third-order valence-corrected chi connectivity index (χ3v) is 4.05. The molecule has 0 aliphatic rings. The first-order valence-electron chi connectivity index (χ1n) is 7.57. The Bertz CT molecular complexity index is 1150. The van der Waals surface area contributed by atoms with Gasteiger partial charge < -0.3 is 0 Å². The monoisotopic (exact) mass is 315 g/mol. The summed E-state index contributed by atoms with van der Waals surface area (Å²) in [5.41, 5.74) is 0.798. The molecular weight excluding hydrogens is 302 g/mol. The van der Waals surface area contributed by atoms with Crippen molar-refractivity contribution in [3.05, 3.63) is 76.5 Å². The van der Waals surface area contributed by atoms with Crippen LogP contribution in [0.1, 0.15) is 11.1 Å². The van der Waals surface area contributed by atoms with Crippen molar-refractivity contribution in [1.82, 2.24) is 19.2 Å². The van der Waals surface area contributed by atoms with Crippen molar-refractivity contribution in [3.63, 3.8) is 0 Å². The minimum Gasteiger partial charge on any atom is -0.266 e. The van der Waals surface area contributed by atoms with Gasteiger partial charge in [-0.2, -0.15) is 14.8 Å². The maximum atomic E-state index is 12.3. The van der Waals surface area contributed by atoms with Gasteiger partial charge in [0.15, 0.2) is 0 Å². The second kappa shape index (κ2) is 5.63. The summed E-state index contributed by atoms with van der Waals surface area (Å²) in [6.07, 6.45) is 3.59. The van der Waals surface area contributed by atoms with E-state index in [-0.39, 0.29) is 5.56 Å². The number of aryl methyl sites for hydroxylation is 2. The van der Waals surface area contributed by atoms with Crippen molar-refractivity contribution >= 4 is 16.6 Å². The second-order valence-corrected chi connectivity index (χ2v) is 5.54. The number of hydrogen-bond donors (Lipinski definition) is 0. The van der Waals surface area contributed by atoms with E-state index < -0.39 is 5.56 Å². The van der Waals surface area contributed by atoms with Crippen molar-refractivity contribution < 1.29 is 0 Å². The highest BCUT2D eigenvalue weighted by molar-refractivity contribution is 5.82. The van der Waals surface area contributed by atoms with Gasteiger partial charge in [0.1, 0.15) is 18.0 Å². The number of nitrogens with zero attached hydrogens (tertiary/aromatic N) is 5. The van der Waals surface area contributed by atoms with Crippen LogP contribution in [0.2, 0.25) is 0 Å². The maximum Gasteiger partial charge on any atom is 0.292 e. The molecule has 116 valence electrons. The molecule has 6 nitrogen and oxygen atoms in total. The Morgan fingerprint density at radius 2 is 1.92 bits per heavy atom. The van der Waals surface area contributed by atoms with Crippen LogP contribution in [-0.4, -0.2) is 19.2 Å². The molecule has 4 aromatic rings. The summed E-state index contributed by atoms with van der Waals surface area (Å²) in [7, 11) is 0. The number of hydrogen-bond acceptors (Lipinski definition) is 4. The zero-order chi connectivity index (χ0) is 16.5. The number of aromatic nitrogens is 4. The van der Waals surface area contributed by atoms with Gasteiger partial charge in [0.05, 0.1) is 6.20 Å².